The zero-order valence-corrected chi connectivity index (χ0v) is 12.5. The number of aliphatic hydroxyl groups is 1. The molecule has 2 rings (SSSR count). The summed E-state index contributed by atoms with van der Waals surface area (Å²) in [4.78, 5) is 14.9. The Morgan fingerprint density at radius 3 is 2.21 bits per heavy atom. The minimum atomic E-state index is -0.766. The van der Waals surface area contributed by atoms with Gasteiger partial charge in [0.05, 0.1) is 16.0 Å². The van der Waals surface area contributed by atoms with Crippen LogP contribution in [-0.2, 0) is 4.79 Å². The fourth-order valence-corrected chi connectivity index (χ4v) is 3.61. The maximum atomic E-state index is 12.9. The summed E-state index contributed by atoms with van der Waals surface area (Å²) in [6, 6.07) is 0. The lowest BCUT2D eigenvalue weighted by Gasteiger charge is -2.34. The van der Waals surface area contributed by atoms with E-state index in [2.05, 4.69) is 0 Å². The first-order chi connectivity index (χ1) is 8.87. The van der Waals surface area contributed by atoms with Crippen molar-refractivity contribution in [2.24, 2.45) is 11.1 Å². The Bertz CT molecular complexity index is 374. The topological polar surface area (TPSA) is 66.6 Å². The SMILES string of the molecule is CC1(O)CCN(C(=O)C2(C(N)=S)CCCCCC2)C1. The average Bonchev–Trinajstić information content (AvgIpc) is 2.57. The minimum Gasteiger partial charge on any atom is -0.392 e. The Hall–Kier alpha value is -0.680. The van der Waals surface area contributed by atoms with Gasteiger partial charge in [-0.05, 0) is 26.2 Å². The van der Waals surface area contributed by atoms with Crippen LogP contribution in [0.5, 0.6) is 0 Å². The summed E-state index contributed by atoms with van der Waals surface area (Å²) in [5.74, 6) is 0.0414. The van der Waals surface area contributed by atoms with Gasteiger partial charge in [0.1, 0.15) is 0 Å². The van der Waals surface area contributed by atoms with Gasteiger partial charge in [-0.25, -0.2) is 0 Å². The lowest BCUT2D eigenvalue weighted by Crippen LogP contribution is -2.50. The van der Waals surface area contributed by atoms with Gasteiger partial charge in [0, 0.05) is 13.1 Å². The van der Waals surface area contributed by atoms with E-state index in [1.54, 1.807) is 11.8 Å². The van der Waals surface area contributed by atoms with E-state index in [1.165, 1.54) is 0 Å². The molecule has 1 saturated heterocycles. The van der Waals surface area contributed by atoms with E-state index >= 15 is 0 Å². The van der Waals surface area contributed by atoms with E-state index < -0.39 is 11.0 Å². The van der Waals surface area contributed by atoms with Gasteiger partial charge < -0.3 is 15.7 Å². The largest absolute Gasteiger partial charge is 0.392 e. The van der Waals surface area contributed by atoms with Crippen molar-refractivity contribution < 1.29 is 9.90 Å². The number of likely N-dealkylation sites (tertiary alicyclic amines) is 1. The molecule has 0 aromatic heterocycles. The second-order valence-corrected chi connectivity index (χ2v) is 6.77. The number of thiocarbonyl (C=S) groups is 1. The number of rotatable bonds is 2. The van der Waals surface area contributed by atoms with E-state index in [9.17, 15) is 9.90 Å². The third-order valence-corrected chi connectivity index (χ3v) is 4.97. The van der Waals surface area contributed by atoms with E-state index in [-0.39, 0.29) is 5.91 Å². The smallest absolute Gasteiger partial charge is 0.235 e. The van der Waals surface area contributed by atoms with Crippen molar-refractivity contribution in [1.29, 1.82) is 0 Å². The van der Waals surface area contributed by atoms with E-state index in [1.807, 2.05) is 0 Å². The first-order valence-electron chi connectivity index (χ1n) is 7.19. The van der Waals surface area contributed by atoms with Gasteiger partial charge in [-0.2, -0.15) is 0 Å². The highest BCUT2D eigenvalue weighted by molar-refractivity contribution is 7.80. The van der Waals surface area contributed by atoms with Crippen molar-refractivity contribution in [3.8, 4) is 0 Å². The molecule has 2 fully saturated rings. The highest BCUT2D eigenvalue weighted by atomic mass is 32.1. The summed E-state index contributed by atoms with van der Waals surface area (Å²) in [5.41, 5.74) is 4.50. The van der Waals surface area contributed by atoms with Crippen LogP contribution in [0.25, 0.3) is 0 Å². The second-order valence-electron chi connectivity index (χ2n) is 6.33. The quantitative estimate of drug-likeness (QED) is 0.597. The van der Waals surface area contributed by atoms with Crippen LogP contribution in [0.15, 0.2) is 0 Å². The maximum absolute atomic E-state index is 12.9. The number of hydrogen-bond acceptors (Lipinski definition) is 3. The van der Waals surface area contributed by atoms with E-state index in [0.29, 0.717) is 24.5 Å². The number of nitrogens with two attached hydrogens (primary N) is 1. The lowest BCUT2D eigenvalue weighted by atomic mass is 9.79. The maximum Gasteiger partial charge on any atom is 0.235 e. The molecule has 0 radical (unpaired) electrons. The summed E-state index contributed by atoms with van der Waals surface area (Å²) in [7, 11) is 0. The van der Waals surface area contributed by atoms with Crippen molar-refractivity contribution in [3.05, 3.63) is 0 Å². The number of carbonyl (C=O) groups excluding carboxylic acids is 1. The van der Waals surface area contributed by atoms with Crippen LogP contribution in [0.3, 0.4) is 0 Å². The van der Waals surface area contributed by atoms with Crippen LogP contribution < -0.4 is 5.73 Å². The molecular weight excluding hydrogens is 260 g/mol. The molecule has 1 atom stereocenters. The predicted octanol–water partition coefficient (Wildman–Crippen LogP) is 1.60. The van der Waals surface area contributed by atoms with Gasteiger partial charge >= 0.3 is 0 Å². The van der Waals surface area contributed by atoms with Gasteiger partial charge in [-0.3, -0.25) is 4.79 Å². The molecule has 1 saturated carbocycles. The van der Waals surface area contributed by atoms with Gasteiger partial charge in [-0.15, -0.1) is 0 Å². The second kappa shape index (κ2) is 5.37. The van der Waals surface area contributed by atoms with Crippen molar-refractivity contribution in [3.63, 3.8) is 0 Å². The highest BCUT2D eigenvalue weighted by Gasteiger charge is 2.46. The first-order valence-corrected chi connectivity index (χ1v) is 7.60. The van der Waals surface area contributed by atoms with Crippen molar-refractivity contribution in [1.82, 2.24) is 4.90 Å². The molecule has 1 amide bonds. The van der Waals surface area contributed by atoms with Crippen LogP contribution in [0, 0.1) is 5.41 Å². The molecule has 4 nitrogen and oxygen atoms in total. The minimum absolute atomic E-state index is 0.0414. The third kappa shape index (κ3) is 2.92. The molecule has 0 aromatic rings. The van der Waals surface area contributed by atoms with Crippen LogP contribution in [0.4, 0.5) is 0 Å². The van der Waals surface area contributed by atoms with Crippen LogP contribution >= 0.6 is 12.2 Å². The molecule has 2 aliphatic rings. The molecule has 1 aliphatic carbocycles. The van der Waals surface area contributed by atoms with Crippen LogP contribution in [0.2, 0.25) is 0 Å². The van der Waals surface area contributed by atoms with E-state index in [4.69, 9.17) is 18.0 Å². The Labute approximate surface area is 120 Å². The summed E-state index contributed by atoms with van der Waals surface area (Å²) < 4.78 is 0. The summed E-state index contributed by atoms with van der Waals surface area (Å²) >= 11 is 5.22. The molecule has 5 heteroatoms. The lowest BCUT2D eigenvalue weighted by molar-refractivity contribution is -0.138. The van der Waals surface area contributed by atoms with Crippen LogP contribution in [0.1, 0.15) is 51.9 Å². The van der Waals surface area contributed by atoms with Gasteiger partial charge in [0.15, 0.2) is 0 Å². The Kier molecular flexibility index (Phi) is 4.16. The van der Waals surface area contributed by atoms with Crippen molar-refractivity contribution >= 4 is 23.1 Å². The summed E-state index contributed by atoms with van der Waals surface area (Å²) in [5, 5.41) is 10.0. The standard InChI is InChI=1S/C14H24N2O2S/c1-13(18)8-9-16(10-13)12(17)14(11(15)19)6-4-2-3-5-7-14/h18H,2-10H2,1H3,(H2,15,19). The first kappa shape index (κ1) is 14.7. The Morgan fingerprint density at radius 1 is 1.21 bits per heavy atom. The fraction of sp³-hybridized carbons (Fsp3) is 0.857. The van der Waals surface area contributed by atoms with Gasteiger partial charge in [-0.1, -0.05) is 37.9 Å². The molecule has 0 spiro atoms. The molecule has 1 aliphatic heterocycles. The third-order valence-electron chi connectivity index (χ3n) is 4.58. The molecule has 1 unspecified atom stereocenters. The van der Waals surface area contributed by atoms with Crippen molar-refractivity contribution in [2.75, 3.05) is 13.1 Å². The zero-order valence-electron chi connectivity index (χ0n) is 11.7. The van der Waals surface area contributed by atoms with E-state index in [0.717, 1.165) is 38.5 Å². The molecule has 108 valence electrons. The summed E-state index contributed by atoms with van der Waals surface area (Å²) in [6.45, 7) is 2.78. The fourth-order valence-electron chi connectivity index (χ4n) is 3.32. The molecular formula is C14H24N2O2S. The molecule has 1 heterocycles. The number of amides is 1. The molecule has 0 aromatic carbocycles. The highest BCUT2D eigenvalue weighted by Crippen LogP contribution is 2.38. The number of β-amino-alcohol motifs (C(OH)–C–C–N with tert-alkyl or cyclic N) is 1. The number of hydrogen-bond donors (Lipinski definition) is 2. The van der Waals surface area contributed by atoms with Gasteiger partial charge in [0.2, 0.25) is 5.91 Å². The molecule has 0 bridgehead atoms. The predicted molar refractivity (Wildman–Crippen MR) is 78.7 cm³/mol. The number of carbonyl (C=O) groups is 1. The zero-order chi connectivity index (χ0) is 14.1. The average molecular weight is 284 g/mol. The molecule has 3 N–H and O–H groups in total. The Balaban J connectivity index is 2.19. The van der Waals surface area contributed by atoms with Gasteiger partial charge in [0.25, 0.3) is 0 Å². The number of nitrogens with zero attached hydrogens (tertiary/aromatic N) is 1. The van der Waals surface area contributed by atoms with Crippen molar-refractivity contribution in [2.45, 2.75) is 57.5 Å². The normalized spacial score (nSPS) is 30.9. The summed E-state index contributed by atoms with van der Waals surface area (Å²) in [6.07, 6.45) is 6.47. The van der Waals surface area contributed by atoms with Crippen LogP contribution in [-0.4, -0.2) is 39.6 Å². The Morgan fingerprint density at radius 2 is 1.79 bits per heavy atom. The monoisotopic (exact) mass is 284 g/mol. The molecule has 19 heavy (non-hydrogen) atoms.